The second-order valence-electron chi connectivity index (χ2n) is 4.49. The molecule has 2 rings (SSSR count). The van der Waals surface area contributed by atoms with Gasteiger partial charge in [-0.3, -0.25) is 0 Å². The Morgan fingerprint density at radius 1 is 1.56 bits per heavy atom. The maximum Gasteiger partial charge on any atom is 0.354 e. The van der Waals surface area contributed by atoms with Gasteiger partial charge >= 0.3 is 12.0 Å². The van der Waals surface area contributed by atoms with Crippen molar-refractivity contribution in [2.24, 2.45) is 0 Å². The molecule has 98 valence electrons. The Balaban J connectivity index is 2.12. The molecule has 1 aliphatic carbocycles. The average molecular weight is 251 g/mol. The van der Waals surface area contributed by atoms with E-state index in [-0.39, 0.29) is 11.7 Å². The van der Waals surface area contributed by atoms with E-state index in [2.05, 4.69) is 10.3 Å². The van der Waals surface area contributed by atoms with Crippen molar-refractivity contribution >= 4 is 17.7 Å². The lowest BCUT2D eigenvalue weighted by molar-refractivity contribution is 0.0692. The lowest BCUT2D eigenvalue weighted by Gasteiger charge is -2.20. The molecule has 1 heterocycles. The van der Waals surface area contributed by atoms with E-state index in [1.165, 1.54) is 0 Å². The predicted molar refractivity (Wildman–Crippen MR) is 66.9 cm³/mol. The number of carboxylic acids is 1. The number of hydrogen-bond acceptors (Lipinski definition) is 2. The zero-order chi connectivity index (χ0) is 13.3. The molecule has 0 aromatic carbocycles. The third kappa shape index (κ3) is 2.47. The van der Waals surface area contributed by atoms with Crippen molar-refractivity contribution in [1.29, 1.82) is 0 Å². The molecule has 2 amide bonds. The minimum absolute atomic E-state index is 0.0210. The van der Waals surface area contributed by atoms with Crippen molar-refractivity contribution in [3.8, 4) is 0 Å². The van der Waals surface area contributed by atoms with Crippen LogP contribution >= 0.6 is 0 Å². The van der Waals surface area contributed by atoms with Crippen LogP contribution in [0, 0.1) is 6.92 Å². The van der Waals surface area contributed by atoms with Gasteiger partial charge in [0.1, 0.15) is 5.69 Å². The maximum absolute atomic E-state index is 12.0. The molecule has 0 aliphatic heterocycles. The zero-order valence-electron chi connectivity index (χ0n) is 10.5. The Labute approximate surface area is 105 Å². The predicted octanol–water partition coefficient (Wildman–Crippen LogP) is 2.04. The van der Waals surface area contributed by atoms with Gasteiger partial charge in [0.2, 0.25) is 0 Å². The molecule has 6 heteroatoms. The number of nitrogens with zero attached hydrogens (tertiary/aromatic N) is 1. The normalized spacial score (nSPS) is 14.3. The van der Waals surface area contributed by atoms with E-state index >= 15 is 0 Å². The van der Waals surface area contributed by atoms with Gasteiger partial charge in [0.05, 0.1) is 5.69 Å². The van der Waals surface area contributed by atoms with Crippen LogP contribution in [0.2, 0.25) is 0 Å². The van der Waals surface area contributed by atoms with Gasteiger partial charge in [-0.2, -0.15) is 0 Å². The zero-order valence-corrected chi connectivity index (χ0v) is 10.5. The van der Waals surface area contributed by atoms with Gasteiger partial charge in [-0.1, -0.05) is 0 Å². The number of anilines is 1. The number of H-pyrrole nitrogens is 1. The number of rotatable bonds is 4. The second kappa shape index (κ2) is 4.72. The van der Waals surface area contributed by atoms with Gasteiger partial charge in [-0.15, -0.1) is 0 Å². The third-order valence-electron chi connectivity index (χ3n) is 3.00. The van der Waals surface area contributed by atoms with Crippen molar-refractivity contribution in [3.63, 3.8) is 0 Å². The summed E-state index contributed by atoms with van der Waals surface area (Å²) in [4.78, 5) is 27.5. The van der Waals surface area contributed by atoms with Gasteiger partial charge in [-0.05, 0) is 32.8 Å². The first kappa shape index (κ1) is 12.5. The highest BCUT2D eigenvalue weighted by atomic mass is 16.4. The average Bonchev–Trinajstić information content (AvgIpc) is 3.04. The summed E-state index contributed by atoms with van der Waals surface area (Å²) in [6.07, 6.45) is 2.05. The maximum atomic E-state index is 12.0. The standard InChI is InChI=1S/C12H17N3O3/c1-3-15(8-4-5-8)12(18)14-9-6-7(2)13-10(9)11(16)17/h6,8,13H,3-5H2,1-2H3,(H,14,18)(H,16,17). The first-order chi connectivity index (χ1) is 8.52. The van der Waals surface area contributed by atoms with Crippen LogP contribution in [0.4, 0.5) is 10.5 Å². The minimum Gasteiger partial charge on any atom is -0.477 e. The minimum atomic E-state index is -1.08. The molecule has 18 heavy (non-hydrogen) atoms. The van der Waals surface area contributed by atoms with E-state index in [4.69, 9.17) is 5.11 Å². The Kier molecular flexibility index (Phi) is 3.27. The molecule has 1 aromatic heterocycles. The van der Waals surface area contributed by atoms with Crippen molar-refractivity contribution in [2.45, 2.75) is 32.7 Å². The van der Waals surface area contributed by atoms with Gasteiger partial charge < -0.3 is 20.3 Å². The van der Waals surface area contributed by atoms with Crippen LogP contribution in [0.1, 0.15) is 35.9 Å². The number of amides is 2. The third-order valence-corrected chi connectivity index (χ3v) is 3.00. The first-order valence-electron chi connectivity index (χ1n) is 6.03. The number of aromatic carboxylic acids is 1. The molecule has 1 aromatic rings. The van der Waals surface area contributed by atoms with Crippen LogP contribution in [0.3, 0.4) is 0 Å². The molecule has 3 N–H and O–H groups in total. The van der Waals surface area contributed by atoms with Crippen LogP contribution in [0.5, 0.6) is 0 Å². The van der Waals surface area contributed by atoms with E-state index in [0.717, 1.165) is 12.8 Å². The monoisotopic (exact) mass is 251 g/mol. The summed E-state index contributed by atoms with van der Waals surface area (Å²) in [5.74, 6) is -1.08. The van der Waals surface area contributed by atoms with Crippen LogP contribution in [0.15, 0.2) is 6.07 Å². The molecule has 1 saturated carbocycles. The summed E-state index contributed by atoms with van der Waals surface area (Å²) in [7, 11) is 0. The lowest BCUT2D eigenvalue weighted by Crippen LogP contribution is -2.36. The molecule has 0 saturated heterocycles. The number of nitrogens with one attached hydrogen (secondary N) is 2. The molecule has 1 fully saturated rings. The molecule has 0 bridgehead atoms. The Bertz CT molecular complexity index is 477. The number of aromatic amines is 1. The summed E-state index contributed by atoms with van der Waals surface area (Å²) in [5, 5.41) is 11.7. The SMILES string of the molecule is CCN(C(=O)Nc1cc(C)[nH]c1C(=O)O)C1CC1. The van der Waals surface area contributed by atoms with Crippen molar-refractivity contribution < 1.29 is 14.7 Å². The topological polar surface area (TPSA) is 85.4 Å². The van der Waals surface area contributed by atoms with Gasteiger partial charge in [0, 0.05) is 18.3 Å². The van der Waals surface area contributed by atoms with Crippen molar-refractivity contribution in [3.05, 3.63) is 17.5 Å². The van der Waals surface area contributed by atoms with Crippen LogP contribution in [0.25, 0.3) is 0 Å². The number of carbonyl (C=O) groups excluding carboxylic acids is 1. The fraction of sp³-hybridized carbons (Fsp3) is 0.500. The van der Waals surface area contributed by atoms with Gasteiger partial charge in [0.25, 0.3) is 0 Å². The van der Waals surface area contributed by atoms with E-state index in [9.17, 15) is 9.59 Å². The first-order valence-corrected chi connectivity index (χ1v) is 6.03. The van der Waals surface area contributed by atoms with E-state index in [1.807, 2.05) is 6.92 Å². The summed E-state index contributed by atoms with van der Waals surface area (Å²) >= 11 is 0. The summed E-state index contributed by atoms with van der Waals surface area (Å²) in [5.41, 5.74) is 1.05. The number of aryl methyl sites for hydroxylation is 1. The van der Waals surface area contributed by atoms with Crippen molar-refractivity contribution in [1.82, 2.24) is 9.88 Å². The van der Waals surface area contributed by atoms with Crippen LogP contribution < -0.4 is 5.32 Å². The van der Waals surface area contributed by atoms with Crippen LogP contribution in [-0.2, 0) is 0 Å². The lowest BCUT2D eigenvalue weighted by atomic mass is 10.3. The summed E-state index contributed by atoms with van der Waals surface area (Å²) in [6, 6.07) is 1.70. The number of urea groups is 1. The Morgan fingerprint density at radius 2 is 2.22 bits per heavy atom. The molecular formula is C12H17N3O3. The quantitative estimate of drug-likeness (QED) is 0.765. The number of aromatic nitrogens is 1. The van der Waals surface area contributed by atoms with Gasteiger partial charge in [0.15, 0.2) is 0 Å². The number of hydrogen-bond donors (Lipinski definition) is 3. The molecule has 0 radical (unpaired) electrons. The van der Waals surface area contributed by atoms with Gasteiger partial charge in [-0.25, -0.2) is 9.59 Å². The van der Waals surface area contributed by atoms with E-state index in [1.54, 1.807) is 17.9 Å². The van der Waals surface area contributed by atoms with Crippen molar-refractivity contribution in [2.75, 3.05) is 11.9 Å². The Morgan fingerprint density at radius 3 is 2.72 bits per heavy atom. The van der Waals surface area contributed by atoms with E-state index in [0.29, 0.717) is 24.0 Å². The molecule has 6 nitrogen and oxygen atoms in total. The van der Waals surface area contributed by atoms with Crippen LogP contribution in [-0.4, -0.2) is 39.6 Å². The summed E-state index contributed by atoms with van der Waals surface area (Å²) in [6.45, 7) is 4.29. The molecule has 0 atom stereocenters. The molecule has 0 spiro atoms. The summed E-state index contributed by atoms with van der Waals surface area (Å²) < 4.78 is 0. The largest absolute Gasteiger partial charge is 0.477 e. The number of carbonyl (C=O) groups is 2. The van der Waals surface area contributed by atoms with E-state index < -0.39 is 5.97 Å². The smallest absolute Gasteiger partial charge is 0.354 e. The molecule has 1 aliphatic rings. The molecular weight excluding hydrogens is 234 g/mol. The highest BCUT2D eigenvalue weighted by Gasteiger charge is 2.32. The fourth-order valence-corrected chi connectivity index (χ4v) is 2.00. The highest BCUT2D eigenvalue weighted by molar-refractivity contribution is 5.99. The molecule has 0 unspecified atom stereocenters. The fourth-order valence-electron chi connectivity index (χ4n) is 2.00. The Hall–Kier alpha value is -1.98. The highest BCUT2D eigenvalue weighted by Crippen LogP contribution is 2.27. The second-order valence-corrected chi connectivity index (χ2v) is 4.49. The number of carboxylic acid groups (broad SMARTS) is 1.